The molecule has 0 aliphatic carbocycles. The van der Waals surface area contributed by atoms with Gasteiger partial charge in [-0.15, -0.1) is 0 Å². The lowest BCUT2D eigenvalue weighted by Crippen LogP contribution is -2.14. The summed E-state index contributed by atoms with van der Waals surface area (Å²) in [4.78, 5) is 28.4. The summed E-state index contributed by atoms with van der Waals surface area (Å²) in [6.45, 7) is 0. The van der Waals surface area contributed by atoms with Crippen molar-refractivity contribution in [3.8, 4) is 0 Å². The summed E-state index contributed by atoms with van der Waals surface area (Å²) in [7, 11) is 0. The van der Waals surface area contributed by atoms with E-state index in [-0.39, 0.29) is 11.8 Å². The van der Waals surface area contributed by atoms with Crippen molar-refractivity contribution in [2.75, 3.05) is 10.6 Å². The van der Waals surface area contributed by atoms with Crippen LogP contribution in [-0.4, -0.2) is 16.8 Å². The Kier molecular flexibility index (Phi) is 5.51. The molecular weight excluding hydrogens is 373 g/mol. The number of amides is 2. The fourth-order valence-electron chi connectivity index (χ4n) is 2.26. The average molecular weight is 386 g/mol. The molecule has 26 heavy (non-hydrogen) atoms. The molecule has 7 heteroatoms. The van der Waals surface area contributed by atoms with Gasteiger partial charge in [-0.05, 0) is 48.5 Å². The first-order chi connectivity index (χ1) is 12.5. The molecule has 0 atom stereocenters. The largest absolute Gasteiger partial charge is 0.322 e. The third-order valence-corrected chi connectivity index (χ3v) is 3.86. The molecule has 0 unspecified atom stereocenters. The number of hydrogen-bond acceptors (Lipinski definition) is 3. The first kappa shape index (κ1) is 17.9. The van der Waals surface area contributed by atoms with Gasteiger partial charge in [0.2, 0.25) is 0 Å². The smallest absolute Gasteiger partial charge is 0.257 e. The van der Waals surface area contributed by atoms with Crippen molar-refractivity contribution in [1.82, 2.24) is 4.98 Å². The Labute approximate surface area is 160 Å². The molecule has 0 radical (unpaired) electrons. The number of hydrogen-bond donors (Lipinski definition) is 2. The molecule has 2 aromatic carbocycles. The Bertz CT molecular complexity index is 942. The predicted molar refractivity (Wildman–Crippen MR) is 103 cm³/mol. The fraction of sp³-hybridized carbons (Fsp3) is 0. The van der Waals surface area contributed by atoms with Crippen molar-refractivity contribution >= 4 is 46.4 Å². The monoisotopic (exact) mass is 385 g/mol. The van der Waals surface area contributed by atoms with Gasteiger partial charge in [0.25, 0.3) is 11.8 Å². The Morgan fingerprint density at radius 2 is 1.38 bits per heavy atom. The molecule has 1 aromatic heterocycles. The number of benzene rings is 2. The van der Waals surface area contributed by atoms with Crippen LogP contribution in [0, 0.1) is 0 Å². The van der Waals surface area contributed by atoms with Gasteiger partial charge in [0.15, 0.2) is 0 Å². The molecule has 5 nitrogen and oxygen atoms in total. The van der Waals surface area contributed by atoms with E-state index in [1.165, 1.54) is 18.3 Å². The molecule has 0 fully saturated rings. The molecule has 0 saturated carbocycles. The number of rotatable bonds is 4. The van der Waals surface area contributed by atoms with Crippen molar-refractivity contribution in [2.45, 2.75) is 0 Å². The summed E-state index contributed by atoms with van der Waals surface area (Å²) in [5.41, 5.74) is 1.85. The minimum absolute atomic E-state index is 0.289. The molecular formula is C19H13Cl2N3O2. The summed E-state index contributed by atoms with van der Waals surface area (Å²) in [6.07, 6.45) is 3.07. The fourth-order valence-corrected chi connectivity index (χ4v) is 2.79. The maximum absolute atomic E-state index is 12.3. The highest BCUT2D eigenvalue weighted by Crippen LogP contribution is 2.21. The van der Waals surface area contributed by atoms with Crippen molar-refractivity contribution in [1.29, 1.82) is 0 Å². The minimum atomic E-state index is -0.356. The maximum Gasteiger partial charge on any atom is 0.257 e. The highest BCUT2D eigenvalue weighted by Gasteiger charge is 2.10. The zero-order valence-electron chi connectivity index (χ0n) is 13.4. The van der Waals surface area contributed by atoms with Gasteiger partial charge in [-0.25, -0.2) is 0 Å². The lowest BCUT2D eigenvalue weighted by Gasteiger charge is -2.09. The quantitative estimate of drug-likeness (QED) is 0.671. The molecule has 3 rings (SSSR count). The minimum Gasteiger partial charge on any atom is -0.322 e. The average Bonchev–Trinajstić information content (AvgIpc) is 2.62. The molecule has 3 aromatic rings. The molecule has 0 spiro atoms. The number of halogens is 2. The van der Waals surface area contributed by atoms with Crippen LogP contribution in [0.25, 0.3) is 0 Å². The summed E-state index contributed by atoms with van der Waals surface area (Å²) < 4.78 is 0. The van der Waals surface area contributed by atoms with E-state index in [0.29, 0.717) is 32.5 Å². The second-order valence-corrected chi connectivity index (χ2v) is 6.26. The number of anilines is 2. The maximum atomic E-state index is 12.3. The summed E-state index contributed by atoms with van der Waals surface area (Å²) >= 11 is 11.8. The number of pyridine rings is 1. The normalized spacial score (nSPS) is 10.2. The lowest BCUT2D eigenvalue weighted by molar-refractivity contribution is 0.101. The third-order valence-electron chi connectivity index (χ3n) is 3.43. The Morgan fingerprint density at radius 1 is 0.769 bits per heavy atom. The van der Waals surface area contributed by atoms with Crippen LogP contribution in [0.15, 0.2) is 67.0 Å². The molecule has 130 valence electrons. The standard InChI is InChI=1S/C19H13Cl2N3O2/c20-14-7-13(8-15(21)9-14)19(26)24-17-5-1-4-16(10-17)23-18(25)12-3-2-6-22-11-12/h1-11H,(H,23,25)(H,24,26). The van der Waals surface area contributed by atoms with Crippen LogP contribution in [-0.2, 0) is 0 Å². The topological polar surface area (TPSA) is 71.1 Å². The second-order valence-electron chi connectivity index (χ2n) is 5.39. The third kappa shape index (κ3) is 4.59. The zero-order chi connectivity index (χ0) is 18.5. The number of nitrogens with one attached hydrogen (secondary N) is 2. The molecule has 1 heterocycles. The Morgan fingerprint density at radius 3 is 1.96 bits per heavy atom. The van der Waals surface area contributed by atoms with Crippen molar-refractivity contribution in [3.05, 3.63) is 88.2 Å². The molecule has 2 amide bonds. The Hall–Kier alpha value is -2.89. The van der Waals surface area contributed by atoms with Gasteiger partial charge in [0.05, 0.1) is 5.56 Å². The number of aromatic nitrogens is 1. The molecule has 0 saturated heterocycles. The van der Waals surface area contributed by atoms with E-state index in [9.17, 15) is 9.59 Å². The van der Waals surface area contributed by atoms with E-state index < -0.39 is 0 Å². The Balaban J connectivity index is 1.73. The lowest BCUT2D eigenvalue weighted by atomic mass is 10.2. The van der Waals surface area contributed by atoms with Crippen molar-refractivity contribution < 1.29 is 9.59 Å². The van der Waals surface area contributed by atoms with Crippen LogP contribution in [0.2, 0.25) is 10.0 Å². The molecule has 2 N–H and O–H groups in total. The van der Waals surface area contributed by atoms with E-state index in [4.69, 9.17) is 23.2 Å². The van der Waals surface area contributed by atoms with E-state index in [0.717, 1.165) is 0 Å². The van der Waals surface area contributed by atoms with Gasteiger partial charge in [-0.1, -0.05) is 29.3 Å². The van der Waals surface area contributed by atoms with E-state index in [2.05, 4.69) is 15.6 Å². The van der Waals surface area contributed by atoms with Crippen LogP contribution in [0.3, 0.4) is 0 Å². The highest BCUT2D eigenvalue weighted by molar-refractivity contribution is 6.35. The van der Waals surface area contributed by atoms with Gasteiger partial charge >= 0.3 is 0 Å². The number of nitrogens with zero attached hydrogens (tertiary/aromatic N) is 1. The second kappa shape index (κ2) is 7.99. The molecule has 0 bridgehead atoms. The van der Waals surface area contributed by atoms with Gasteiger partial charge in [-0.2, -0.15) is 0 Å². The first-order valence-electron chi connectivity index (χ1n) is 7.60. The summed E-state index contributed by atoms with van der Waals surface area (Å²) in [5.74, 6) is -0.645. The van der Waals surface area contributed by atoms with Crippen LogP contribution >= 0.6 is 23.2 Å². The van der Waals surface area contributed by atoms with Gasteiger partial charge in [0.1, 0.15) is 0 Å². The van der Waals surface area contributed by atoms with Gasteiger partial charge in [-0.3, -0.25) is 14.6 Å². The van der Waals surface area contributed by atoms with Crippen LogP contribution in [0.1, 0.15) is 20.7 Å². The van der Waals surface area contributed by atoms with Crippen LogP contribution in [0.5, 0.6) is 0 Å². The first-order valence-corrected chi connectivity index (χ1v) is 8.36. The van der Waals surface area contributed by atoms with E-state index in [1.54, 1.807) is 48.7 Å². The molecule has 0 aliphatic rings. The van der Waals surface area contributed by atoms with E-state index in [1.807, 2.05) is 0 Å². The van der Waals surface area contributed by atoms with Gasteiger partial charge in [0, 0.05) is 39.4 Å². The predicted octanol–water partition coefficient (Wildman–Crippen LogP) is 4.89. The van der Waals surface area contributed by atoms with Crippen molar-refractivity contribution in [2.24, 2.45) is 0 Å². The summed E-state index contributed by atoms with van der Waals surface area (Å²) in [6, 6.07) is 14.8. The zero-order valence-corrected chi connectivity index (χ0v) is 14.9. The van der Waals surface area contributed by atoms with Crippen LogP contribution < -0.4 is 10.6 Å². The number of carbonyl (C=O) groups is 2. The highest BCUT2D eigenvalue weighted by atomic mass is 35.5. The number of carbonyl (C=O) groups excluding carboxylic acids is 2. The van der Waals surface area contributed by atoms with Gasteiger partial charge < -0.3 is 10.6 Å². The SMILES string of the molecule is O=C(Nc1cccc(NC(=O)c2cc(Cl)cc(Cl)c2)c1)c1cccnc1. The van der Waals surface area contributed by atoms with E-state index >= 15 is 0 Å². The summed E-state index contributed by atoms with van der Waals surface area (Å²) in [5, 5.41) is 6.25. The van der Waals surface area contributed by atoms with Crippen LogP contribution in [0.4, 0.5) is 11.4 Å². The van der Waals surface area contributed by atoms with Crippen molar-refractivity contribution in [3.63, 3.8) is 0 Å². The molecule has 0 aliphatic heterocycles.